The van der Waals surface area contributed by atoms with E-state index in [1.54, 1.807) is 0 Å². The fraction of sp³-hybridized carbons (Fsp3) is 0.286. The van der Waals surface area contributed by atoms with E-state index < -0.39 is 40.0 Å². The summed E-state index contributed by atoms with van der Waals surface area (Å²) in [6.45, 7) is 0.665. The number of ether oxygens (including phenoxy) is 1. The van der Waals surface area contributed by atoms with Gasteiger partial charge in [0.05, 0.1) is 28.8 Å². The number of anilines is 1. The molecule has 0 spiro atoms. The van der Waals surface area contributed by atoms with Crippen LogP contribution in [0.4, 0.5) is 24.5 Å². The Balaban J connectivity index is 2.24. The molecule has 0 aliphatic carbocycles. The topological polar surface area (TPSA) is 99.3 Å². The van der Waals surface area contributed by atoms with E-state index >= 15 is 0 Å². The second-order valence-corrected chi connectivity index (χ2v) is 5.47. The zero-order valence-corrected chi connectivity index (χ0v) is 14.2. The normalized spacial score (nSPS) is 11.3. The predicted molar refractivity (Wildman–Crippen MR) is 85.3 cm³/mol. The van der Waals surface area contributed by atoms with Gasteiger partial charge < -0.3 is 10.1 Å². The van der Waals surface area contributed by atoms with E-state index in [4.69, 9.17) is 16.3 Å². The van der Waals surface area contributed by atoms with Crippen LogP contribution in [0.25, 0.3) is 0 Å². The van der Waals surface area contributed by atoms with E-state index in [9.17, 15) is 28.1 Å². The summed E-state index contributed by atoms with van der Waals surface area (Å²) in [5, 5.41) is 16.0. The molecule has 0 radical (unpaired) electrons. The van der Waals surface area contributed by atoms with E-state index in [2.05, 4.69) is 10.4 Å². The number of hydrogen-bond donors (Lipinski definition) is 1. The second kappa shape index (κ2) is 7.20. The van der Waals surface area contributed by atoms with Gasteiger partial charge in [-0.15, -0.1) is 0 Å². The number of nitrogens with one attached hydrogen (secondary N) is 1. The quantitative estimate of drug-likeness (QED) is 0.621. The van der Waals surface area contributed by atoms with Crippen molar-refractivity contribution in [1.82, 2.24) is 9.78 Å². The number of nitrogens with zero attached hydrogens (tertiary/aromatic N) is 3. The van der Waals surface area contributed by atoms with Crippen LogP contribution < -0.4 is 10.1 Å². The molecule has 140 valence electrons. The average molecular weight is 393 g/mol. The van der Waals surface area contributed by atoms with Crippen molar-refractivity contribution in [2.24, 2.45) is 0 Å². The second-order valence-electron chi connectivity index (χ2n) is 5.09. The summed E-state index contributed by atoms with van der Waals surface area (Å²) in [6, 6.07) is 3.74. The molecule has 1 aromatic carbocycles. The first-order valence-corrected chi connectivity index (χ1v) is 7.34. The molecule has 0 fully saturated rings. The van der Waals surface area contributed by atoms with Crippen molar-refractivity contribution in [3.63, 3.8) is 0 Å². The molecule has 0 atom stereocenters. The van der Waals surface area contributed by atoms with Crippen molar-refractivity contribution in [1.29, 1.82) is 0 Å². The highest BCUT2D eigenvalue weighted by atomic mass is 35.5. The summed E-state index contributed by atoms with van der Waals surface area (Å²) in [5.41, 5.74) is -1.92. The van der Waals surface area contributed by atoms with Gasteiger partial charge in [0.1, 0.15) is 18.0 Å². The molecule has 1 aromatic heterocycles. The number of methoxy groups -OCH3 is 1. The lowest BCUT2D eigenvalue weighted by Crippen LogP contribution is -2.21. The molecular formula is C14H12ClF3N4O4. The number of hydrogen-bond acceptors (Lipinski definition) is 5. The van der Waals surface area contributed by atoms with Gasteiger partial charge in [-0.1, -0.05) is 11.6 Å². The predicted octanol–water partition coefficient (Wildman–Crippen LogP) is 3.42. The van der Waals surface area contributed by atoms with Crippen molar-refractivity contribution in [3.05, 3.63) is 44.7 Å². The van der Waals surface area contributed by atoms with E-state index in [-0.39, 0.29) is 17.1 Å². The molecule has 0 aliphatic rings. The number of rotatable bonds is 5. The summed E-state index contributed by atoms with van der Waals surface area (Å²) in [7, 11) is 1.32. The Hall–Kier alpha value is -2.82. The minimum atomic E-state index is -4.77. The molecule has 8 nitrogen and oxygen atoms in total. The molecule has 1 amide bonds. The van der Waals surface area contributed by atoms with Crippen LogP contribution in [-0.4, -0.2) is 27.7 Å². The van der Waals surface area contributed by atoms with Crippen molar-refractivity contribution >= 4 is 28.9 Å². The molecule has 0 aliphatic heterocycles. The first-order chi connectivity index (χ1) is 12.0. The first kappa shape index (κ1) is 19.5. The van der Waals surface area contributed by atoms with Gasteiger partial charge in [0, 0.05) is 0 Å². The van der Waals surface area contributed by atoms with Gasteiger partial charge in [0.25, 0.3) is 5.69 Å². The Labute approximate surface area is 149 Å². The molecule has 0 saturated heterocycles. The molecular weight excluding hydrogens is 381 g/mol. The van der Waals surface area contributed by atoms with Crippen molar-refractivity contribution in [3.8, 4) is 5.75 Å². The lowest BCUT2D eigenvalue weighted by molar-refractivity contribution is -0.384. The molecule has 0 bridgehead atoms. The zero-order valence-electron chi connectivity index (χ0n) is 13.4. The number of aromatic nitrogens is 2. The average Bonchev–Trinajstić information content (AvgIpc) is 2.83. The largest absolute Gasteiger partial charge is 0.496 e. The number of halogens is 4. The van der Waals surface area contributed by atoms with E-state index in [0.717, 1.165) is 10.7 Å². The summed E-state index contributed by atoms with van der Waals surface area (Å²) in [5.74, 6) is -0.603. The fourth-order valence-electron chi connectivity index (χ4n) is 2.08. The van der Waals surface area contributed by atoms with Crippen LogP contribution in [0.3, 0.4) is 0 Å². The summed E-state index contributed by atoms with van der Waals surface area (Å²) < 4.78 is 44.0. The molecule has 1 N–H and O–H groups in total. The highest BCUT2D eigenvalue weighted by molar-refractivity contribution is 6.32. The Morgan fingerprint density at radius 3 is 2.62 bits per heavy atom. The van der Waals surface area contributed by atoms with Crippen molar-refractivity contribution in [2.45, 2.75) is 19.6 Å². The van der Waals surface area contributed by atoms with Gasteiger partial charge in [-0.2, -0.15) is 18.3 Å². The van der Waals surface area contributed by atoms with Gasteiger partial charge in [0.15, 0.2) is 5.69 Å². The molecule has 0 saturated carbocycles. The number of alkyl halides is 3. The Morgan fingerprint density at radius 1 is 1.46 bits per heavy atom. The fourth-order valence-corrected chi connectivity index (χ4v) is 2.32. The Bertz CT molecular complexity index is 867. The molecule has 26 heavy (non-hydrogen) atoms. The van der Waals surface area contributed by atoms with Crippen LogP contribution in [0.2, 0.25) is 5.02 Å². The minimum Gasteiger partial charge on any atom is -0.496 e. The SMILES string of the molecule is COc1ccc(NC(=O)Cn2nc(C(F)(F)F)c(Cl)c2C)c([N+](=O)[O-])c1. The zero-order chi connectivity index (χ0) is 19.6. The standard InChI is InChI=1S/C14H12ClF3N4O4/c1-7-12(15)13(14(16,17)18)20-21(7)6-11(23)19-9-4-3-8(26-2)5-10(9)22(24)25/h3-5H,6H2,1-2H3,(H,19,23). The highest BCUT2D eigenvalue weighted by Crippen LogP contribution is 2.35. The van der Waals surface area contributed by atoms with Gasteiger partial charge in [0.2, 0.25) is 5.91 Å². The number of carbonyl (C=O) groups excluding carboxylic acids is 1. The third kappa shape index (κ3) is 4.04. The molecule has 1 heterocycles. The van der Waals surface area contributed by atoms with Gasteiger partial charge >= 0.3 is 6.18 Å². The maximum Gasteiger partial charge on any atom is 0.436 e. The number of nitro benzene ring substituents is 1. The van der Waals surface area contributed by atoms with Crippen LogP contribution in [0.5, 0.6) is 5.75 Å². The summed E-state index contributed by atoms with van der Waals surface area (Å²) >= 11 is 5.60. The van der Waals surface area contributed by atoms with Crippen LogP contribution >= 0.6 is 11.6 Å². The minimum absolute atomic E-state index is 0.0571. The molecule has 2 aromatic rings. The van der Waals surface area contributed by atoms with Crippen LogP contribution in [0.1, 0.15) is 11.4 Å². The van der Waals surface area contributed by atoms with Gasteiger partial charge in [-0.25, -0.2) is 0 Å². The van der Waals surface area contributed by atoms with Crippen LogP contribution in [0.15, 0.2) is 18.2 Å². The Morgan fingerprint density at radius 2 is 2.12 bits per heavy atom. The third-order valence-electron chi connectivity index (χ3n) is 3.37. The van der Waals surface area contributed by atoms with Gasteiger partial charge in [-0.3, -0.25) is 19.6 Å². The Kier molecular flexibility index (Phi) is 5.40. The summed E-state index contributed by atoms with van der Waals surface area (Å²) in [4.78, 5) is 22.4. The number of amides is 1. The van der Waals surface area contributed by atoms with E-state index in [1.165, 1.54) is 26.2 Å². The van der Waals surface area contributed by atoms with E-state index in [1.807, 2.05) is 0 Å². The monoisotopic (exact) mass is 392 g/mol. The lowest BCUT2D eigenvalue weighted by atomic mass is 10.2. The highest BCUT2D eigenvalue weighted by Gasteiger charge is 2.38. The summed E-state index contributed by atoms with van der Waals surface area (Å²) in [6.07, 6.45) is -4.77. The van der Waals surface area contributed by atoms with Crippen LogP contribution in [0, 0.1) is 17.0 Å². The van der Waals surface area contributed by atoms with E-state index in [0.29, 0.717) is 0 Å². The molecule has 2 rings (SSSR count). The lowest BCUT2D eigenvalue weighted by Gasteiger charge is -2.08. The van der Waals surface area contributed by atoms with Crippen molar-refractivity contribution < 1.29 is 27.6 Å². The molecule has 12 heteroatoms. The molecule has 0 unspecified atom stereocenters. The number of carbonyl (C=O) groups is 1. The number of benzene rings is 1. The first-order valence-electron chi connectivity index (χ1n) is 6.97. The smallest absolute Gasteiger partial charge is 0.436 e. The maximum absolute atomic E-state index is 12.8. The third-order valence-corrected chi connectivity index (χ3v) is 3.82. The van der Waals surface area contributed by atoms with Gasteiger partial charge in [-0.05, 0) is 19.1 Å². The van der Waals surface area contributed by atoms with Crippen molar-refractivity contribution in [2.75, 3.05) is 12.4 Å². The number of nitro groups is 1. The van der Waals surface area contributed by atoms with Crippen LogP contribution in [-0.2, 0) is 17.5 Å². The maximum atomic E-state index is 12.8.